The number of carbonyl (C=O) groups excluding carboxylic acids is 4. The number of hydrogen-bond acceptors (Lipinski definition) is 5. The lowest BCUT2D eigenvalue weighted by atomic mass is 10.0. The van der Waals surface area contributed by atoms with Crippen molar-refractivity contribution in [3.63, 3.8) is 0 Å². The summed E-state index contributed by atoms with van der Waals surface area (Å²) in [5.41, 5.74) is 7.02. The summed E-state index contributed by atoms with van der Waals surface area (Å²) in [5.74, 6) is -1.36. The standard InChI is InChI=1S/C24H29N3O5/c1-2-19(28)13-14-20(22(25)29)26-23(30)21(15-17-9-5-3-6-10-17)27-24(31)32-16-18-11-7-4-8-12-18/h3-12,20-21H,2,13-16H2,1H3,(H2,25,29)(H,26,30)(H,27,31)/t20-,21+/m1/s1. The van der Waals surface area contributed by atoms with E-state index in [1.807, 2.05) is 60.7 Å². The molecule has 2 atom stereocenters. The Hall–Kier alpha value is -3.68. The number of Topliss-reactive ketones (excluding diaryl/α,β-unsaturated/α-hetero) is 1. The van der Waals surface area contributed by atoms with Crippen LogP contribution in [0.15, 0.2) is 60.7 Å². The van der Waals surface area contributed by atoms with E-state index in [-0.39, 0.29) is 31.7 Å². The molecule has 2 aromatic carbocycles. The van der Waals surface area contributed by atoms with Crippen molar-refractivity contribution in [1.29, 1.82) is 0 Å². The quantitative estimate of drug-likeness (QED) is 0.467. The monoisotopic (exact) mass is 439 g/mol. The summed E-state index contributed by atoms with van der Waals surface area (Å²) in [4.78, 5) is 48.6. The Labute approximate surface area is 187 Å². The molecule has 0 unspecified atom stereocenters. The van der Waals surface area contributed by atoms with Crippen LogP contribution in [0.5, 0.6) is 0 Å². The van der Waals surface area contributed by atoms with E-state index in [1.54, 1.807) is 6.92 Å². The summed E-state index contributed by atoms with van der Waals surface area (Å²) in [6.07, 6.45) is -0.0104. The van der Waals surface area contributed by atoms with Crippen LogP contribution in [-0.2, 0) is 32.1 Å². The molecule has 0 aliphatic rings. The molecule has 32 heavy (non-hydrogen) atoms. The van der Waals surface area contributed by atoms with Gasteiger partial charge in [0.15, 0.2) is 0 Å². The van der Waals surface area contributed by atoms with Crippen molar-refractivity contribution in [3.05, 3.63) is 71.8 Å². The van der Waals surface area contributed by atoms with Gasteiger partial charge >= 0.3 is 6.09 Å². The van der Waals surface area contributed by atoms with Crippen molar-refractivity contribution >= 4 is 23.7 Å². The van der Waals surface area contributed by atoms with Crippen LogP contribution in [-0.4, -0.2) is 35.8 Å². The molecule has 3 amide bonds. The molecule has 0 heterocycles. The third-order valence-corrected chi connectivity index (χ3v) is 4.87. The van der Waals surface area contributed by atoms with E-state index < -0.39 is 30.0 Å². The average Bonchev–Trinajstić information content (AvgIpc) is 2.80. The first-order chi connectivity index (χ1) is 15.4. The zero-order chi connectivity index (χ0) is 23.3. The highest BCUT2D eigenvalue weighted by atomic mass is 16.5. The Morgan fingerprint density at radius 2 is 1.47 bits per heavy atom. The van der Waals surface area contributed by atoms with Crippen molar-refractivity contribution in [2.45, 2.75) is 51.3 Å². The van der Waals surface area contributed by atoms with Crippen LogP contribution in [0.4, 0.5) is 4.79 Å². The molecule has 0 aliphatic carbocycles. The van der Waals surface area contributed by atoms with Crippen LogP contribution in [0.25, 0.3) is 0 Å². The molecule has 0 aliphatic heterocycles. The molecular formula is C24H29N3O5. The molecule has 0 saturated heterocycles. The van der Waals surface area contributed by atoms with Crippen LogP contribution < -0.4 is 16.4 Å². The molecule has 0 spiro atoms. The van der Waals surface area contributed by atoms with Crippen molar-refractivity contribution in [2.24, 2.45) is 5.73 Å². The number of hydrogen-bond donors (Lipinski definition) is 3. The molecule has 0 radical (unpaired) electrons. The molecular weight excluding hydrogens is 410 g/mol. The van der Waals surface area contributed by atoms with Crippen LogP contribution in [0, 0.1) is 0 Å². The maximum Gasteiger partial charge on any atom is 0.408 e. The fourth-order valence-electron chi connectivity index (χ4n) is 3.01. The van der Waals surface area contributed by atoms with Gasteiger partial charge in [0, 0.05) is 19.3 Å². The summed E-state index contributed by atoms with van der Waals surface area (Å²) in [5, 5.41) is 5.12. The summed E-state index contributed by atoms with van der Waals surface area (Å²) >= 11 is 0. The number of carbonyl (C=O) groups is 4. The zero-order valence-corrected chi connectivity index (χ0v) is 18.1. The first-order valence-electron chi connectivity index (χ1n) is 10.5. The Balaban J connectivity index is 2.05. The van der Waals surface area contributed by atoms with Gasteiger partial charge in [-0.25, -0.2) is 4.79 Å². The van der Waals surface area contributed by atoms with Gasteiger partial charge in [0.2, 0.25) is 11.8 Å². The second kappa shape index (κ2) is 12.9. The number of primary amides is 1. The number of rotatable bonds is 12. The summed E-state index contributed by atoms with van der Waals surface area (Å²) < 4.78 is 5.23. The van der Waals surface area contributed by atoms with Gasteiger partial charge in [-0.05, 0) is 17.5 Å². The Bertz CT molecular complexity index is 902. The van der Waals surface area contributed by atoms with Crippen molar-refractivity contribution in [2.75, 3.05) is 0 Å². The Morgan fingerprint density at radius 3 is 2.03 bits per heavy atom. The highest BCUT2D eigenvalue weighted by Gasteiger charge is 2.26. The van der Waals surface area contributed by atoms with Gasteiger partial charge in [-0.3, -0.25) is 14.4 Å². The van der Waals surface area contributed by atoms with E-state index >= 15 is 0 Å². The highest BCUT2D eigenvalue weighted by molar-refractivity contribution is 5.91. The minimum Gasteiger partial charge on any atom is -0.445 e. The van der Waals surface area contributed by atoms with E-state index in [4.69, 9.17) is 10.5 Å². The van der Waals surface area contributed by atoms with Gasteiger partial charge in [0.05, 0.1) is 0 Å². The van der Waals surface area contributed by atoms with E-state index in [1.165, 1.54) is 0 Å². The number of ketones is 1. The minimum atomic E-state index is -1.02. The smallest absolute Gasteiger partial charge is 0.408 e. The summed E-state index contributed by atoms with van der Waals surface area (Å²) in [6.45, 7) is 1.77. The lowest BCUT2D eigenvalue weighted by Gasteiger charge is -2.22. The van der Waals surface area contributed by atoms with E-state index in [2.05, 4.69) is 10.6 Å². The van der Waals surface area contributed by atoms with Crippen molar-refractivity contribution in [3.8, 4) is 0 Å². The molecule has 0 aromatic heterocycles. The lowest BCUT2D eigenvalue weighted by Crippen LogP contribution is -2.53. The van der Waals surface area contributed by atoms with Crippen molar-refractivity contribution in [1.82, 2.24) is 10.6 Å². The molecule has 2 rings (SSSR count). The van der Waals surface area contributed by atoms with E-state index in [0.717, 1.165) is 11.1 Å². The summed E-state index contributed by atoms with van der Waals surface area (Å²) in [6, 6.07) is 16.3. The lowest BCUT2D eigenvalue weighted by molar-refractivity contribution is -0.129. The maximum absolute atomic E-state index is 12.9. The SMILES string of the molecule is CCC(=O)CC[C@@H](NC(=O)[C@H](Cc1ccccc1)NC(=O)OCc1ccccc1)C(N)=O. The van der Waals surface area contributed by atoms with Crippen LogP contribution in [0.2, 0.25) is 0 Å². The number of alkyl carbamates (subject to hydrolysis) is 1. The number of nitrogens with one attached hydrogen (secondary N) is 2. The molecule has 8 heteroatoms. The average molecular weight is 440 g/mol. The van der Waals surface area contributed by atoms with Crippen LogP contribution >= 0.6 is 0 Å². The van der Waals surface area contributed by atoms with Crippen LogP contribution in [0.1, 0.15) is 37.3 Å². The molecule has 2 aromatic rings. The third-order valence-electron chi connectivity index (χ3n) is 4.87. The van der Waals surface area contributed by atoms with Gasteiger partial charge in [-0.15, -0.1) is 0 Å². The number of amides is 3. The first-order valence-corrected chi connectivity index (χ1v) is 10.5. The molecule has 8 nitrogen and oxygen atoms in total. The van der Waals surface area contributed by atoms with Crippen LogP contribution in [0.3, 0.4) is 0 Å². The van der Waals surface area contributed by atoms with E-state index in [0.29, 0.717) is 6.42 Å². The topological polar surface area (TPSA) is 128 Å². The fourth-order valence-corrected chi connectivity index (χ4v) is 3.01. The Kier molecular flexibility index (Phi) is 9.90. The molecule has 0 bridgehead atoms. The molecule has 0 saturated carbocycles. The van der Waals surface area contributed by atoms with Gasteiger partial charge in [-0.2, -0.15) is 0 Å². The third kappa shape index (κ3) is 8.59. The van der Waals surface area contributed by atoms with Gasteiger partial charge < -0.3 is 21.1 Å². The van der Waals surface area contributed by atoms with Crippen molar-refractivity contribution < 1.29 is 23.9 Å². The Morgan fingerprint density at radius 1 is 0.875 bits per heavy atom. The molecule has 4 N–H and O–H groups in total. The van der Waals surface area contributed by atoms with Gasteiger partial charge in [0.25, 0.3) is 0 Å². The maximum atomic E-state index is 12.9. The largest absolute Gasteiger partial charge is 0.445 e. The molecule has 0 fully saturated rings. The minimum absolute atomic E-state index is 0.0334. The summed E-state index contributed by atoms with van der Waals surface area (Å²) in [7, 11) is 0. The van der Waals surface area contributed by atoms with Gasteiger partial charge in [0.1, 0.15) is 24.5 Å². The second-order valence-corrected chi connectivity index (χ2v) is 7.34. The zero-order valence-electron chi connectivity index (χ0n) is 18.1. The number of ether oxygens (including phenoxy) is 1. The predicted octanol–water partition coefficient (Wildman–Crippen LogP) is 2.25. The van der Waals surface area contributed by atoms with E-state index in [9.17, 15) is 19.2 Å². The second-order valence-electron chi connectivity index (χ2n) is 7.34. The normalized spacial score (nSPS) is 12.3. The molecule has 170 valence electrons. The fraction of sp³-hybridized carbons (Fsp3) is 0.333. The van der Waals surface area contributed by atoms with Gasteiger partial charge in [-0.1, -0.05) is 67.6 Å². The number of nitrogens with two attached hydrogens (primary N) is 1. The predicted molar refractivity (Wildman–Crippen MR) is 119 cm³/mol. The highest BCUT2D eigenvalue weighted by Crippen LogP contribution is 2.07. The number of benzene rings is 2. The first kappa shape index (κ1) is 24.6.